The number of hydrogen-bond acceptors (Lipinski definition) is 5. The summed E-state index contributed by atoms with van der Waals surface area (Å²) in [6.45, 7) is 6.51. The van der Waals surface area contributed by atoms with Crippen molar-refractivity contribution >= 4 is 17.5 Å². The molecule has 0 saturated heterocycles. The summed E-state index contributed by atoms with van der Waals surface area (Å²) >= 11 is 0. The minimum Gasteiger partial charge on any atom is -0.490 e. The molecule has 0 aliphatic heterocycles. The number of carbonyl (C=O) groups is 2. The molecule has 0 atom stereocenters. The van der Waals surface area contributed by atoms with E-state index >= 15 is 0 Å². The Morgan fingerprint density at radius 1 is 0.933 bits per heavy atom. The van der Waals surface area contributed by atoms with Gasteiger partial charge in [0.15, 0.2) is 11.5 Å². The highest BCUT2D eigenvalue weighted by atomic mass is 19.1. The molecule has 2 amide bonds. The Kier molecular flexibility index (Phi) is 8.46. The van der Waals surface area contributed by atoms with Crippen LogP contribution < -0.4 is 19.5 Å². The van der Waals surface area contributed by atoms with Gasteiger partial charge in [-0.05, 0) is 57.2 Å². The molecule has 0 aliphatic rings. The number of likely N-dealkylation sites (N-methyl/N-ethyl adjacent to an activating group) is 1. The van der Waals surface area contributed by atoms with Gasteiger partial charge in [0, 0.05) is 18.3 Å². The van der Waals surface area contributed by atoms with Crippen LogP contribution in [0.4, 0.5) is 10.1 Å². The lowest BCUT2D eigenvalue weighted by molar-refractivity contribution is -0.116. The lowest BCUT2D eigenvalue weighted by atomic mass is 10.1. The van der Waals surface area contributed by atoms with Crippen LogP contribution in [0.2, 0.25) is 0 Å². The molecule has 0 bridgehead atoms. The number of anilines is 1. The van der Waals surface area contributed by atoms with Gasteiger partial charge >= 0.3 is 0 Å². The number of carbonyl (C=O) groups excluding carboxylic acids is 2. The number of nitrogens with zero attached hydrogens (tertiary/aromatic N) is 1. The van der Waals surface area contributed by atoms with Gasteiger partial charge in [-0.2, -0.15) is 0 Å². The van der Waals surface area contributed by atoms with Crippen LogP contribution in [0.15, 0.2) is 36.4 Å². The van der Waals surface area contributed by atoms with Crippen molar-refractivity contribution in [3.05, 3.63) is 47.8 Å². The fourth-order valence-corrected chi connectivity index (χ4v) is 2.75. The van der Waals surface area contributed by atoms with Crippen LogP contribution in [0.5, 0.6) is 17.2 Å². The van der Waals surface area contributed by atoms with E-state index in [0.717, 1.165) is 0 Å². The second kappa shape index (κ2) is 11.0. The molecule has 0 fully saturated rings. The molecule has 2 aromatic carbocycles. The van der Waals surface area contributed by atoms with Gasteiger partial charge in [0.1, 0.15) is 5.82 Å². The van der Waals surface area contributed by atoms with Crippen LogP contribution >= 0.6 is 0 Å². The van der Waals surface area contributed by atoms with Gasteiger partial charge in [-0.25, -0.2) is 4.39 Å². The predicted octanol–water partition coefficient (Wildman–Crippen LogP) is 3.73. The summed E-state index contributed by atoms with van der Waals surface area (Å²) in [6, 6.07) is 8.54. The lowest BCUT2D eigenvalue weighted by Gasteiger charge is -2.20. The standard InChI is InChI=1S/C22H27FN2O5/c1-5-28-18-12-15(13-19(29-6-2)21(18)30-7-3)22(27)25(4)14-20(26)24-17-10-8-16(23)9-11-17/h8-13H,5-7,14H2,1-4H3,(H,24,26). The Balaban J connectivity index is 2.18. The molecule has 7 nitrogen and oxygen atoms in total. The molecule has 0 unspecified atom stereocenters. The van der Waals surface area contributed by atoms with Gasteiger partial charge < -0.3 is 24.4 Å². The number of rotatable bonds is 10. The Morgan fingerprint density at radius 2 is 1.47 bits per heavy atom. The first-order valence-electron chi connectivity index (χ1n) is 9.76. The van der Waals surface area contributed by atoms with Gasteiger partial charge in [-0.1, -0.05) is 0 Å². The van der Waals surface area contributed by atoms with Gasteiger partial charge in [0.2, 0.25) is 11.7 Å². The quantitative estimate of drug-likeness (QED) is 0.636. The first-order valence-corrected chi connectivity index (χ1v) is 9.76. The summed E-state index contributed by atoms with van der Waals surface area (Å²) < 4.78 is 29.9. The maximum absolute atomic E-state index is 13.0. The van der Waals surface area contributed by atoms with E-state index in [1.807, 2.05) is 20.8 Å². The summed E-state index contributed by atoms with van der Waals surface area (Å²) in [5.41, 5.74) is 0.753. The van der Waals surface area contributed by atoms with E-state index in [4.69, 9.17) is 14.2 Å². The predicted molar refractivity (Wildman–Crippen MR) is 112 cm³/mol. The molecule has 0 saturated carbocycles. The molecule has 0 spiro atoms. The number of halogens is 1. The van der Waals surface area contributed by atoms with Crippen LogP contribution in [0.3, 0.4) is 0 Å². The Hall–Kier alpha value is -3.29. The van der Waals surface area contributed by atoms with E-state index < -0.39 is 11.7 Å². The third kappa shape index (κ3) is 6.10. The second-order valence-corrected chi connectivity index (χ2v) is 6.32. The molecule has 2 rings (SSSR count). The zero-order valence-electron chi connectivity index (χ0n) is 17.7. The van der Waals surface area contributed by atoms with Crippen LogP contribution in [-0.4, -0.2) is 50.1 Å². The highest BCUT2D eigenvalue weighted by molar-refractivity contribution is 6.00. The van der Waals surface area contributed by atoms with Gasteiger partial charge in [0.25, 0.3) is 5.91 Å². The van der Waals surface area contributed by atoms with Crippen molar-refractivity contribution in [2.24, 2.45) is 0 Å². The van der Waals surface area contributed by atoms with Crippen molar-refractivity contribution in [3.8, 4) is 17.2 Å². The number of amides is 2. The highest BCUT2D eigenvalue weighted by Gasteiger charge is 2.21. The van der Waals surface area contributed by atoms with Crippen LogP contribution in [0.25, 0.3) is 0 Å². The molecule has 0 aromatic heterocycles. The summed E-state index contributed by atoms with van der Waals surface area (Å²) in [7, 11) is 1.52. The first kappa shape index (κ1) is 23.0. The van der Waals surface area contributed by atoms with Crippen molar-refractivity contribution < 1.29 is 28.2 Å². The molecule has 8 heteroatoms. The monoisotopic (exact) mass is 418 g/mol. The molecular formula is C22H27FN2O5. The van der Waals surface area contributed by atoms with E-state index in [1.54, 1.807) is 12.1 Å². The third-order valence-electron chi connectivity index (χ3n) is 4.01. The minimum absolute atomic E-state index is 0.183. The zero-order valence-corrected chi connectivity index (χ0v) is 17.7. The lowest BCUT2D eigenvalue weighted by Crippen LogP contribution is -2.35. The Morgan fingerprint density at radius 3 is 1.97 bits per heavy atom. The maximum Gasteiger partial charge on any atom is 0.254 e. The average molecular weight is 418 g/mol. The Labute approximate surface area is 175 Å². The van der Waals surface area contributed by atoms with Gasteiger partial charge in [-0.15, -0.1) is 0 Å². The van der Waals surface area contributed by atoms with E-state index in [0.29, 0.717) is 48.3 Å². The molecule has 2 aromatic rings. The van der Waals surface area contributed by atoms with Crippen LogP contribution in [0.1, 0.15) is 31.1 Å². The number of nitrogens with one attached hydrogen (secondary N) is 1. The minimum atomic E-state index is -0.404. The fraction of sp³-hybridized carbons (Fsp3) is 0.364. The summed E-state index contributed by atoms with van der Waals surface area (Å²) in [6.07, 6.45) is 0. The van der Waals surface area contributed by atoms with Crippen LogP contribution in [0, 0.1) is 5.82 Å². The van der Waals surface area contributed by atoms with Crippen molar-refractivity contribution in [1.82, 2.24) is 4.90 Å². The topological polar surface area (TPSA) is 77.1 Å². The summed E-state index contributed by atoms with van der Waals surface area (Å²) in [5.74, 6) is 0.0590. The van der Waals surface area contributed by atoms with Crippen molar-refractivity contribution in [3.63, 3.8) is 0 Å². The highest BCUT2D eigenvalue weighted by Crippen LogP contribution is 2.39. The number of hydrogen-bond donors (Lipinski definition) is 1. The normalized spacial score (nSPS) is 10.3. The molecule has 162 valence electrons. The van der Waals surface area contributed by atoms with Gasteiger partial charge in [0.05, 0.1) is 26.4 Å². The zero-order chi connectivity index (χ0) is 22.1. The molecular weight excluding hydrogens is 391 g/mol. The molecule has 0 aliphatic carbocycles. The van der Waals surface area contributed by atoms with Gasteiger partial charge in [-0.3, -0.25) is 9.59 Å². The molecule has 0 heterocycles. The average Bonchev–Trinajstić information content (AvgIpc) is 2.71. The van der Waals surface area contributed by atoms with E-state index in [-0.39, 0.29) is 12.5 Å². The summed E-state index contributed by atoms with van der Waals surface area (Å²) in [4.78, 5) is 26.4. The maximum atomic E-state index is 13.0. The molecule has 0 radical (unpaired) electrons. The Bertz CT molecular complexity index is 843. The van der Waals surface area contributed by atoms with E-state index in [2.05, 4.69) is 5.32 Å². The third-order valence-corrected chi connectivity index (χ3v) is 4.01. The van der Waals surface area contributed by atoms with E-state index in [1.165, 1.54) is 36.2 Å². The summed E-state index contributed by atoms with van der Waals surface area (Å²) in [5, 5.41) is 2.63. The van der Waals surface area contributed by atoms with Crippen molar-refractivity contribution in [2.45, 2.75) is 20.8 Å². The SMILES string of the molecule is CCOc1cc(C(=O)N(C)CC(=O)Nc2ccc(F)cc2)cc(OCC)c1OCC. The molecule has 1 N–H and O–H groups in total. The largest absolute Gasteiger partial charge is 0.490 e. The smallest absolute Gasteiger partial charge is 0.254 e. The van der Waals surface area contributed by atoms with Crippen LogP contribution in [-0.2, 0) is 4.79 Å². The fourth-order valence-electron chi connectivity index (χ4n) is 2.75. The van der Waals surface area contributed by atoms with Crippen molar-refractivity contribution in [2.75, 3.05) is 38.7 Å². The molecule has 30 heavy (non-hydrogen) atoms. The number of benzene rings is 2. The van der Waals surface area contributed by atoms with Crippen molar-refractivity contribution in [1.29, 1.82) is 0 Å². The van der Waals surface area contributed by atoms with E-state index in [9.17, 15) is 14.0 Å². The second-order valence-electron chi connectivity index (χ2n) is 6.32. The first-order chi connectivity index (χ1) is 14.4. The number of ether oxygens (including phenoxy) is 3.